The highest BCUT2D eigenvalue weighted by Crippen LogP contribution is 2.30. The number of hydrogen-bond donors (Lipinski definition) is 1. The minimum atomic E-state index is -0.650. The van der Waals surface area contributed by atoms with Crippen LogP contribution >= 0.6 is 0 Å². The summed E-state index contributed by atoms with van der Waals surface area (Å²) in [5.74, 6) is 0.834. The summed E-state index contributed by atoms with van der Waals surface area (Å²) < 4.78 is 2.41. The number of fused-ring (bicyclic) bond motifs is 1. The molecule has 108 valence electrons. The number of para-hydroxylation sites is 1. The fraction of sp³-hybridized carbons (Fsp3) is 0.556. The second kappa shape index (κ2) is 5.25. The summed E-state index contributed by atoms with van der Waals surface area (Å²) in [6.45, 7) is 4.90. The average Bonchev–Trinajstić information content (AvgIpc) is 2.98. The predicted molar refractivity (Wildman–Crippen MR) is 83.9 cm³/mol. The highest BCUT2D eigenvalue weighted by atomic mass is 16.3. The molecule has 20 heavy (non-hydrogen) atoms. The van der Waals surface area contributed by atoms with Gasteiger partial charge in [-0.15, -0.1) is 0 Å². The van der Waals surface area contributed by atoms with Gasteiger partial charge in [0.2, 0.25) is 0 Å². The summed E-state index contributed by atoms with van der Waals surface area (Å²) >= 11 is 0. The SMILES string of the molecule is CC(C)(O)Cc1cn(CC2CCCC2)c2ccccc12. The minimum Gasteiger partial charge on any atom is -0.390 e. The molecule has 2 heteroatoms. The van der Waals surface area contributed by atoms with Crippen LogP contribution in [0.1, 0.15) is 45.1 Å². The zero-order chi connectivity index (χ0) is 14.2. The van der Waals surface area contributed by atoms with E-state index in [1.54, 1.807) is 0 Å². The van der Waals surface area contributed by atoms with Crippen LogP contribution in [-0.2, 0) is 13.0 Å². The molecule has 2 nitrogen and oxygen atoms in total. The van der Waals surface area contributed by atoms with E-state index in [0.717, 1.165) is 12.5 Å². The number of benzene rings is 1. The van der Waals surface area contributed by atoms with Crippen LogP contribution < -0.4 is 0 Å². The van der Waals surface area contributed by atoms with Crippen molar-refractivity contribution < 1.29 is 5.11 Å². The molecule has 0 bridgehead atoms. The Kier molecular flexibility index (Phi) is 3.59. The van der Waals surface area contributed by atoms with Crippen LogP contribution in [0, 0.1) is 5.92 Å². The Morgan fingerprint density at radius 3 is 2.60 bits per heavy atom. The van der Waals surface area contributed by atoms with Gasteiger partial charge in [-0.1, -0.05) is 31.0 Å². The van der Waals surface area contributed by atoms with Gasteiger partial charge in [-0.3, -0.25) is 0 Å². The third-order valence-corrected chi connectivity index (χ3v) is 4.42. The first-order chi connectivity index (χ1) is 9.53. The molecule has 1 aromatic carbocycles. The zero-order valence-electron chi connectivity index (χ0n) is 12.6. The molecule has 1 fully saturated rings. The maximum Gasteiger partial charge on any atom is 0.0632 e. The van der Waals surface area contributed by atoms with Gasteiger partial charge in [-0.05, 0) is 44.2 Å². The molecule has 0 aliphatic heterocycles. The summed E-state index contributed by atoms with van der Waals surface area (Å²) in [7, 11) is 0. The third kappa shape index (κ3) is 2.90. The molecule has 1 aromatic heterocycles. The second-order valence-corrected chi connectivity index (χ2v) is 6.96. The monoisotopic (exact) mass is 271 g/mol. The Balaban J connectivity index is 1.95. The first kappa shape index (κ1) is 13.7. The van der Waals surface area contributed by atoms with E-state index in [1.807, 2.05) is 13.8 Å². The fourth-order valence-corrected chi connectivity index (χ4v) is 3.55. The Hall–Kier alpha value is -1.28. The lowest BCUT2D eigenvalue weighted by Crippen LogP contribution is -2.21. The fourth-order valence-electron chi connectivity index (χ4n) is 3.55. The molecule has 1 aliphatic rings. The molecule has 1 aliphatic carbocycles. The van der Waals surface area contributed by atoms with Gasteiger partial charge in [-0.2, -0.15) is 0 Å². The van der Waals surface area contributed by atoms with E-state index in [-0.39, 0.29) is 0 Å². The molecule has 0 saturated heterocycles. The van der Waals surface area contributed by atoms with Gasteiger partial charge in [0.05, 0.1) is 5.60 Å². The van der Waals surface area contributed by atoms with E-state index in [1.165, 1.54) is 42.1 Å². The van der Waals surface area contributed by atoms with E-state index in [4.69, 9.17) is 0 Å². The lowest BCUT2D eigenvalue weighted by Gasteiger charge is -2.16. The van der Waals surface area contributed by atoms with Crippen molar-refractivity contribution >= 4 is 10.9 Å². The average molecular weight is 271 g/mol. The minimum absolute atomic E-state index is 0.650. The normalized spacial score (nSPS) is 17.1. The van der Waals surface area contributed by atoms with Crippen molar-refractivity contribution in [2.45, 2.75) is 58.1 Å². The highest BCUT2D eigenvalue weighted by Gasteiger charge is 2.20. The molecular weight excluding hydrogens is 246 g/mol. The van der Waals surface area contributed by atoms with Crippen molar-refractivity contribution in [2.75, 3.05) is 0 Å². The molecule has 1 heterocycles. The van der Waals surface area contributed by atoms with Crippen LogP contribution in [0.3, 0.4) is 0 Å². The maximum atomic E-state index is 10.1. The van der Waals surface area contributed by atoms with Crippen molar-refractivity contribution in [3.05, 3.63) is 36.0 Å². The predicted octanol–water partition coefficient (Wildman–Crippen LogP) is 4.14. The number of rotatable bonds is 4. The molecule has 0 unspecified atom stereocenters. The van der Waals surface area contributed by atoms with Gasteiger partial charge in [0.25, 0.3) is 0 Å². The summed E-state index contributed by atoms with van der Waals surface area (Å²) in [5.41, 5.74) is 1.94. The van der Waals surface area contributed by atoms with E-state index in [2.05, 4.69) is 35.0 Å². The van der Waals surface area contributed by atoms with Crippen LogP contribution in [0.4, 0.5) is 0 Å². The zero-order valence-corrected chi connectivity index (χ0v) is 12.6. The van der Waals surface area contributed by atoms with Crippen LogP contribution in [0.5, 0.6) is 0 Å². The Morgan fingerprint density at radius 1 is 1.20 bits per heavy atom. The lowest BCUT2D eigenvalue weighted by molar-refractivity contribution is 0.0813. The lowest BCUT2D eigenvalue weighted by atomic mass is 9.98. The topological polar surface area (TPSA) is 25.2 Å². The molecule has 0 atom stereocenters. The maximum absolute atomic E-state index is 10.1. The van der Waals surface area contributed by atoms with Gasteiger partial charge in [0.15, 0.2) is 0 Å². The summed E-state index contributed by atoms with van der Waals surface area (Å²) in [6.07, 6.45) is 8.49. The van der Waals surface area contributed by atoms with Gasteiger partial charge in [0, 0.05) is 30.1 Å². The van der Waals surface area contributed by atoms with E-state index >= 15 is 0 Å². The molecule has 0 radical (unpaired) electrons. The van der Waals surface area contributed by atoms with E-state index < -0.39 is 5.60 Å². The molecule has 2 aromatic rings. The van der Waals surface area contributed by atoms with Gasteiger partial charge in [-0.25, -0.2) is 0 Å². The Morgan fingerprint density at radius 2 is 1.90 bits per heavy atom. The Bertz CT molecular complexity index is 585. The van der Waals surface area contributed by atoms with Crippen LogP contribution in [0.15, 0.2) is 30.5 Å². The van der Waals surface area contributed by atoms with Crippen molar-refractivity contribution in [1.82, 2.24) is 4.57 Å². The largest absolute Gasteiger partial charge is 0.390 e. The summed E-state index contributed by atoms with van der Waals surface area (Å²) in [4.78, 5) is 0. The van der Waals surface area contributed by atoms with Crippen LogP contribution in [0.25, 0.3) is 10.9 Å². The van der Waals surface area contributed by atoms with Crippen molar-refractivity contribution in [1.29, 1.82) is 0 Å². The van der Waals surface area contributed by atoms with Crippen LogP contribution in [0.2, 0.25) is 0 Å². The standard InChI is InChI=1S/C18H25NO/c1-18(2,20)11-15-13-19(12-14-7-3-4-8-14)17-10-6-5-9-16(15)17/h5-6,9-10,13-14,20H,3-4,7-8,11-12H2,1-2H3. The van der Waals surface area contributed by atoms with Crippen molar-refractivity contribution in [3.8, 4) is 0 Å². The number of nitrogens with zero attached hydrogens (tertiary/aromatic N) is 1. The van der Waals surface area contributed by atoms with Gasteiger partial charge < -0.3 is 9.67 Å². The van der Waals surface area contributed by atoms with Gasteiger partial charge >= 0.3 is 0 Å². The first-order valence-electron chi connectivity index (χ1n) is 7.82. The summed E-state index contributed by atoms with van der Waals surface area (Å²) in [6, 6.07) is 8.59. The smallest absolute Gasteiger partial charge is 0.0632 e. The molecule has 3 rings (SSSR count). The van der Waals surface area contributed by atoms with E-state index in [0.29, 0.717) is 6.42 Å². The molecule has 0 spiro atoms. The molecule has 1 N–H and O–H groups in total. The quantitative estimate of drug-likeness (QED) is 0.888. The highest BCUT2D eigenvalue weighted by molar-refractivity contribution is 5.84. The van der Waals surface area contributed by atoms with Crippen molar-refractivity contribution in [2.24, 2.45) is 5.92 Å². The van der Waals surface area contributed by atoms with Gasteiger partial charge in [0.1, 0.15) is 0 Å². The second-order valence-electron chi connectivity index (χ2n) is 6.96. The Labute approximate surface area is 121 Å². The third-order valence-electron chi connectivity index (χ3n) is 4.42. The first-order valence-corrected chi connectivity index (χ1v) is 7.82. The summed E-state index contributed by atoms with van der Waals surface area (Å²) in [5, 5.41) is 11.4. The number of aromatic nitrogens is 1. The molecule has 1 saturated carbocycles. The molecule has 0 amide bonds. The molecular formula is C18H25NO. The number of aliphatic hydroxyl groups is 1. The number of hydrogen-bond acceptors (Lipinski definition) is 1. The van der Waals surface area contributed by atoms with Crippen LogP contribution in [-0.4, -0.2) is 15.3 Å². The van der Waals surface area contributed by atoms with E-state index in [9.17, 15) is 5.11 Å². The van der Waals surface area contributed by atoms with Crippen molar-refractivity contribution in [3.63, 3.8) is 0 Å².